The second-order valence-corrected chi connectivity index (χ2v) is 5.89. The maximum atomic E-state index is 9.98. The van der Waals surface area contributed by atoms with Crippen LogP contribution in [0.5, 0.6) is 0 Å². The summed E-state index contributed by atoms with van der Waals surface area (Å²) in [5.41, 5.74) is 0. The molecule has 2 aliphatic rings. The average molecular weight is 358 g/mol. The third-order valence-corrected chi connectivity index (χ3v) is 4.34. The van der Waals surface area contributed by atoms with Crippen molar-refractivity contribution in [2.24, 2.45) is 0 Å². The molecule has 0 saturated carbocycles. The van der Waals surface area contributed by atoms with Crippen LogP contribution in [0.25, 0.3) is 0 Å². The van der Waals surface area contributed by atoms with Gasteiger partial charge in [-0.2, -0.15) is 12.6 Å². The summed E-state index contributed by atoms with van der Waals surface area (Å²) in [6.45, 7) is -0.643. The van der Waals surface area contributed by atoms with Crippen molar-refractivity contribution in [2.75, 3.05) is 12.4 Å². The number of aliphatic hydroxyl groups excluding tert-OH is 7. The van der Waals surface area contributed by atoms with E-state index < -0.39 is 68.0 Å². The van der Waals surface area contributed by atoms with Gasteiger partial charge in [-0.05, 0) is 0 Å². The van der Waals surface area contributed by atoms with Crippen molar-refractivity contribution < 1.29 is 50.0 Å². The molecule has 0 spiro atoms. The summed E-state index contributed by atoms with van der Waals surface area (Å²) in [5, 5.41) is 67.7. The maximum absolute atomic E-state index is 9.98. The van der Waals surface area contributed by atoms with Gasteiger partial charge in [0.25, 0.3) is 0 Å². The molecular weight excluding hydrogens is 336 g/mol. The zero-order valence-corrected chi connectivity index (χ0v) is 12.9. The Morgan fingerprint density at radius 1 is 0.783 bits per heavy atom. The Morgan fingerprint density at radius 3 is 2.00 bits per heavy atom. The smallest absolute Gasteiger partial charge is 0.187 e. The predicted molar refractivity (Wildman–Crippen MR) is 75.4 cm³/mol. The minimum Gasteiger partial charge on any atom is -0.394 e. The van der Waals surface area contributed by atoms with Crippen LogP contribution < -0.4 is 0 Å². The highest BCUT2D eigenvalue weighted by Crippen LogP contribution is 2.28. The van der Waals surface area contributed by atoms with E-state index in [9.17, 15) is 35.7 Å². The molecule has 7 N–H and O–H groups in total. The molecule has 0 radical (unpaired) electrons. The summed E-state index contributed by atoms with van der Waals surface area (Å²) >= 11 is 3.96. The van der Waals surface area contributed by atoms with Gasteiger partial charge < -0.3 is 50.0 Å². The van der Waals surface area contributed by atoms with Gasteiger partial charge in [0.15, 0.2) is 12.6 Å². The highest BCUT2D eigenvalue weighted by atomic mass is 32.1. The van der Waals surface area contributed by atoms with Crippen LogP contribution in [0.3, 0.4) is 0 Å². The summed E-state index contributed by atoms with van der Waals surface area (Å²) in [7, 11) is 0. The van der Waals surface area contributed by atoms with Crippen molar-refractivity contribution in [1.29, 1.82) is 0 Å². The van der Waals surface area contributed by atoms with Gasteiger partial charge >= 0.3 is 0 Å². The van der Waals surface area contributed by atoms with Crippen molar-refractivity contribution in [2.45, 2.75) is 61.4 Å². The summed E-state index contributed by atoms with van der Waals surface area (Å²) < 4.78 is 15.5. The Hall–Kier alpha value is -0.0500. The van der Waals surface area contributed by atoms with E-state index in [0.29, 0.717) is 0 Å². The van der Waals surface area contributed by atoms with Crippen LogP contribution in [0.1, 0.15) is 0 Å². The molecule has 2 fully saturated rings. The monoisotopic (exact) mass is 358 g/mol. The van der Waals surface area contributed by atoms with Crippen molar-refractivity contribution in [1.82, 2.24) is 0 Å². The van der Waals surface area contributed by atoms with Crippen LogP contribution in [0.4, 0.5) is 0 Å². The van der Waals surface area contributed by atoms with Crippen molar-refractivity contribution in [3.8, 4) is 0 Å². The molecular formula is C12H22O10S. The van der Waals surface area contributed by atoms with Crippen LogP contribution in [0.2, 0.25) is 0 Å². The van der Waals surface area contributed by atoms with Crippen LogP contribution >= 0.6 is 12.6 Å². The van der Waals surface area contributed by atoms with Crippen molar-refractivity contribution in [3.63, 3.8) is 0 Å². The fourth-order valence-electron chi connectivity index (χ4n) is 2.57. The molecule has 8 unspecified atom stereocenters. The van der Waals surface area contributed by atoms with E-state index >= 15 is 0 Å². The van der Waals surface area contributed by atoms with E-state index in [1.165, 1.54) is 0 Å². The number of aliphatic hydroxyl groups is 7. The third-order valence-electron chi connectivity index (χ3n) is 3.98. The van der Waals surface area contributed by atoms with Gasteiger partial charge in [0.1, 0.15) is 42.7 Å². The van der Waals surface area contributed by atoms with E-state index in [2.05, 4.69) is 12.6 Å². The van der Waals surface area contributed by atoms with Gasteiger partial charge in [0.05, 0.1) is 12.7 Å². The Bertz CT molecular complexity index is 383. The second kappa shape index (κ2) is 7.89. The van der Waals surface area contributed by atoms with E-state index in [-0.39, 0.29) is 5.75 Å². The number of rotatable bonds is 4. The Morgan fingerprint density at radius 2 is 1.43 bits per heavy atom. The maximum Gasteiger partial charge on any atom is 0.187 e. The Balaban J connectivity index is 2.11. The van der Waals surface area contributed by atoms with E-state index in [4.69, 9.17) is 14.2 Å². The lowest BCUT2D eigenvalue weighted by molar-refractivity contribution is -0.351. The molecule has 2 heterocycles. The third kappa shape index (κ3) is 3.80. The van der Waals surface area contributed by atoms with E-state index in [0.717, 1.165) is 0 Å². The zero-order chi connectivity index (χ0) is 17.3. The molecule has 0 bridgehead atoms. The first-order valence-electron chi connectivity index (χ1n) is 7.08. The average Bonchev–Trinajstić information content (AvgIpc) is 2.55. The lowest BCUT2D eigenvalue weighted by Crippen LogP contribution is -2.64. The molecule has 136 valence electrons. The molecule has 0 amide bonds. The largest absolute Gasteiger partial charge is 0.394 e. The predicted octanol–water partition coefficient (Wildman–Crippen LogP) is -4.46. The molecule has 0 aromatic heterocycles. The van der Waals surface area contributed by atoms with Crippen LogP contribution in [0, 0.1) is 0 Å². The summed E-state index contributed by atoms with van der Waals surface area (Å²) in [4.78, 5) is 0. The zero-order valence-electron chi connectivity index (χ0n) is 12.0. The molecule has 2 aliphatic heterocycles. The van der Waals surface area contributed by atoms with Gasteiger partial charge in [-0.3, -0.25) is 0 Å². The minimum atomic E-state index is -1.71. The number of ether oxygens (including phenoxy) is 3. The van der Waals surface area contributed by atoms with Crippen LogP contribution in [-0.4, -0.2) is 110 Å². The van der Waals surface area contributed by atoms with Gasteiger partial charge in [0.2, 0.25) is 0 Å². The molecule has 11 heteroatoms. The first-order valence-corrected chi connectivity index (χ1v) is 7.71. The molecule has 0 aromatic carbocycles. The Labute approximate surface area is 137 Å². The van der Waals surface area contributed by atoms with E-state index in [1.54, 1.807) is 0 Å². The lowest BCUT2D eigenvalue weighted by atomic mass is 9.97. The molecule has 10 atom stereocenters. The number of hydrogen-bond donors (Lipinski definition) is 8. The van der Waals surface area contributed by atoms with Gasteiger partial charge in [-0.1, -0.05) is 0 Å². The number of hydrogen-bond acceptors (Lipinski definition) is 11. The molecule has 10 nitrogen and oxygen atoms in total. The molecule has 0 aliphatic carbocycles. The molecule has 2 rings (SSSR count). The van der Waals surface area contributed by atoms with Crippen molar-refractivity contribution in [3.05, 3.63) is 0 Å². The summed E-state index contributed by atoms with van der Waals surface area (Å²) in [6.07, 6.45) is -14.6. The van der Waals surface area contributed by atoms with Gasteiger partial charge in [-0.25, -0.2) is 0 Å². The van der Waals surface area contributed by atoms with Crippen molar-refractivity contribution >= 4 is 12.6 Å². The first-order chi connectivity index (χ1) is 10.8. The quantitative estimate of drug-likeness (QED) is 0.229. The standard InChI is InChI=1S/C12H22O10S/c13-1-3-10(7(16)8(17)11(19)20-3)22-12-9(18)6(15)5(14)4(2-23)21-12/h3-19,23H,1-2H2/t3?,4?,5?,6?,7?,8?,9?,10-,11+,12?/m0/s1. The lowest BCUT2D eigenvalue weighted by Gasteiger charge is -2.45. The van der Waals surface area contributed by atoms with Crippen LogP contribution in [0.15, 0.2) is 0 Å². The fourth-order valence-corrected chi connectivity index (χ4v) is 2.87. The summed E-state index contributed by atoms with van der Waals surface area (Å²) in [6, 6.07) is 0. The molecule has 0 aromatic rings. The second-order valence-electron chi connectivity index (χ2n) is 5.53. The highest BCUT2D eigenvalue weighted by Gasteiger charge is 2.49. The Kier molecular flexibility index (Phi) is 6.61. The van der Waals surface area contributed by atoms with Gasteiger partial charge in [0, 0.05) is 5.75 Å². The van der Waals surface area contributed by atoms with E-state index in [1.807, 2.05) is 0 Å². The van der Waals surface area contributed by atoms with Crippen LogP contribution in [-0.2, 0) is 14.2 Å². The molecule has 23 heavy (non-hydrogen) atoms. The SMILES string of the molecule is OCC1O[C@@H](O)C(O)C(O)[C@H]1OC1OC(CS)C(O)C(O)C1O. The molecule has 2 saturated heterocycles. The normalized spacial score (nSPS) is 51.7. The fraction of sp³-hybridized carbons (Fsp3) is 1.00. The number of thiol groups is 1. The summed E-state index contributed by atoms with van der Waals surface area (Å²) in [5.74, 6) is 0.0271. The topological polar surface area (TPSA) is 169 Å². The first kappa shape index (κ1) is 19.3. The minimum absolute atomic E-state index is 0.0271. The van der Waals surface area contributed by atoms with Gasteiger partial charge in [-0.15, -0.1) is 0 Å². The highest BCUT2D eigenvalue weighted by molar-refractivity contribution is 7.80.